The van der Waals surface area contributed by atoms with Gasteiger partial charge in [0.2, 0.25) is 12.7 Å². The van der Waals surface area contributed by atoms with Crippen molar-refractivity contribution in [2.24, 2.45) is 0 Å². The first-order valence-electron chi connectivity index (χ1n) is 10.1. The second kappa shape index (κ2) is 11.6. The molecule has 2 N–H and O–H groups in total. The Hall–Kier alpha value is -1.76. The van der Waals surface area contributed by atoms with Crippen molar-refractivity contribution in [3.05, 3.63) is 37.4 Å². The largest absolute Gasteiger partial charge is 0.286 e. The monoisotopic (exact) mass is 464 g/mol. The minimum atomic E-state index is -3.87. The van der Waals surface area contributed by atoms with Crippen molar-refractivity contribution in [3.8, 4) is 0 Å². The van der Waals surface area contributed by atoms with E-state index in [9.17, 15) is 16.8 Å². The molecule has 0 bridgehead atoms. The van der Waals surface area contributed by atoms with E-state index in [1.165, 1.54) is 0 Å². The van der Waals surface area contributed by atoms with Crippen molar-refractivity contribution in [3.63, 3.8) is 0 Å². The second-order valence-corrected chi connectivity index (χ2v) is 10.6. The molecule has 10 nitrogen and oxygen atoms in total. The lowest BCUT2D eigenvalue weighted by molar-refractivity contribution is -0.697. The number of hydrogen-bond acceptors (Lipinski definition) is 4. The lowest BCUT2D eigenvalue weighted by Crippen LogP contribution is -2.31. The molecule has 0 spiro atoms. The highest BCUT2D eigenvalue weighted by Gasteiger charge is 2.09. The van der Waals surface area contributed by atoms with E-state index in [-0.39, 0.29) is 11.5 Å². The van der Waals surface area contributed by atoms with Gasteiger partial charge < -0.3 is 0 Å². The van der Waals surface area contributed by atoms with Crippen LogP contribution in [0.1, 0.15) is 38.5 Å². The van der Waals surface area contributed by atoms with Gasteiger partial charge in [-0.1, -0.05) is 0 Å². The fraction of sp³-hybridized carbons (Fsp3) is 0.667. The summed E-state index contributed by atoms with van der Waals surface area (Å²) in [7, 11) is -7.74. The van der Waals surface area contributed by atoms with E-state index < -0.39 is 20.2 Å². The number of unbranched alkanes of at least 4 members (excludes halogenated alkanes) is 3. The van der Waals surface area contributed by atoms with E-state index in [2.05, 4.69) is 9.13 Å². The molecule has 0 aliphatic heterocycles. The van der Waals surface area contributed by atoms with Gasteiger partial charge in [0.25, 0.3) is 20.2 Å². The first-order chi connectivity index (χ1) is 14.1. The summed E-state index contributed by atoms with van der Waals surface area (Å²) in [5.74, 6) is -0.392. The van der Waals surface area contributed by atoms with E-state index in [0.717, 1.165) is 39.0 Å². The molecule has 12 heteroatoms. The van der Waals surface area contributed by atoms with Gasteiger partial charge in [-0.3, -0.25) is 9.11 Å². The maximum absolute atomic E-state index is 10.7. The molecule has 0 atom stereocenters. The van der Waals surface area contributed by atoms with Crippen LogP contribution in [0.4, 0.5) is 0 Å². The predicted molar refractivity (Wildman–Crippen MR) is 110 cm³/mol. The molecule has 0 saturated carbocycles. The van der Waals surface area contributed by atoms with Gasteiger partial charge in [-0.25, -0.2) is 18.3 Å². The number of nitrogens with zero attached hydrogens (tertiary/aromatic N) is 4. The third-order valence-electron chi connectivity index (χ3n) is 4.71. The molecular weight excluding hydrogens is 432 g/mol. The fourth-order valence-corrected chi connectivity index (χ4v) is 4.29. The summed E-state index contributed by atoms with van der Waals surface area (Å²) < 4.78 is 68.5. The Morgan fingerprint density at radius 2 is 1.03 bits per heavy atom. The molecule has 2 heterocycles. The van der Waals surface area contributed by atoms with Crippen LogP contribution in [0.15, 0.2) is 37.4 Å². The molecule has 0 aromatic carbocycles. The highest BCUT2D eigenvalue weighted by atomic mass is 32.2. The number of rotatable bonds is 15. The second-order valence-electron chi connectivity index (χ2n) is 7.47. The first-order valence-corrected chi connectivity index (χ1v) is 13.3. The highest BCUT2D eigenvalue weighted by Crippen LogP contribution is 2.00. The van der Waals surface area contributed by atoms with Crippen molar-refractivity contribution < 1.29 is 35.1 Å². The highest BCUT2D eigenvalue weighted by molar-refractivity contribution is 7.86. The average molecular weight is 465 g/mol. The third-order valence-corrected chi connectivity index (χ3v) is 6.32. The molecule has 2 aromatic rings. The number of aromatic nitrogens is 4. The minimum Gasteiger partial charge on any atom is -0.286 e. The standard InChI is InChI=1S/C18H30N4O6S2/c23-29(24,25)15-5-3-9-21-13-11-19(17-21)7-1-2-8-20-12-14-22(18-20)10-4-6-16-30(26,27)28/h11-14,17-18H,1-10,15-16H2/p+2. The van der Waals surface area contributed by atoms with Crippen LogP contribution < -0.4 is 9.13 Å². The van der Waals surface area contributed by atoms with Crippen LogP contribution in [0.3, 0.4) is 0 Å². The summed E-state index contributed by atoms with van der Waals surface area (Å²) >= 11 is 0. The fourth-order valence-electron chi connectivity index (χ4n) is 3.15. The van der Waals surface area contributed by atoms with Crippen LogP contribution in [-0.2, 0) is 46.4 Å². The molecule has 30 heavy (non-hydrogen) atoms. The van der Waals surface area contributed by atoms with Gasteiger partial charge in [-0.2, -0.15) is 16.8 Å². The lowest BCUT2D eigenvalue weighted by atomic mass is 10.3. The maximum Gasteiger partial charge on any atom is 0.264 e. The average Bonchev–Trinajstić information content (AvgIpc) is 3.27. The van der Waals surface area contributed by atoms with Gasteiger partial charge in [0.1, 0.15) is 24.8 Å². The predicted octanol–water partition coefficient (Wildman–Crippen LogP) is 0.681. The summed E-state index contributed by atoms with van der Waals surface area (Å²) in [5.41, 5.74) is 0. The van der Waals surface area contributed by atoms with Crippen LogP contribution in [0.5, 0.6) is 0 Å². The molecule has 2 rings (SSSR count). The molecule has 0 aliphatic rings. The van der Waals surface area contributed by atoms with E-state index in [0.29, 0.717) is 25.7 Å². The Balaban J connectivity index is 1.59. The zero-order valence-electron chi connectivity index (χ0n) is 17.1. The number of hydrogen-bond donors (Lipinski definition) is 2. The van der Waals surface area contributed by atoms with Crippen molar-refractivity contribution in [2.75, 3.05) is 11.5 Å². The van der Waals surface area contributed by atoms with Crippen LogP contribution in [0, 0.1) is 0 Å². The quantitative estimate of drug-likeness (QED) is 0.227. The van der Waals surface area contributed by atoms with Gasteiger partial charge in [0, 0.05) is 0 Å². The van der Waals surface area contributed by atoms with Crippen molar-refractivity contribution in [1.29, 1.82) is 0 Å². The maximum atomic E-state index is 10.7. The van der Waals surface area contributed by atoms with Gasteiger partial charge in [-0.05, 0) is 38.5 Å². The summed E-state index contributed by atoms with van der Waals surface area (Å²) in [5, 5.41) is 0. The number of imidazole rings is 2. The van der Waals surface area contributed by atoms with Gasteiger partial charge in [0.05, 0.1) is 37.7 Å². The Morgan fingerprint density at radius 3 is 1.40 bits per heavy atom. The molecule has 0 radical (unpaired) electrons. The van der Waals surface area contributed by atoms with Crippen LogP contribution >= 0.6 is 0 Å². The van der Waals surface area contributed by atoms with Crippen LogP contribution in [0.2, 0.25) is 0 Å². The molecule has 0 saturated heterocycles. The zero-order valence-corrected chi connectivity index (χ0v) is 18.7. The van der Waals surface area contributed by atoms with Gasteiger partial charge >= 0.3 is 0 Å². The molecule has 170 valence electrons. The Bertz CT molecular complexity index is 902. The summed E-state index contributed by atoms with van der Waals surface area (Å²) in [6.07, 6.45) is 16.2. The topological polar surface area (TPSA) is 126 Å². The Morgan fingerprint density at radius 1 is 0.633 bits per heavy atom. The molecule has 0 amide bonds. The Labute approximate surface area is 178 Å². The van der Waals surface area contributed by atoms with Crippen LogP contribution in [0.25, 0.3) is 0 Å². The minimum absolute atomic E-state index is 0.196. The SMILES string of the molecule is O=S(=O)(O)CCCC[n+]1ccn(CCCCn2cc[n+](CCCCS(=O)(=O)O)c2)c1. The van der Waals surface area contributed by atoms with E-state index in [1.807, 2.05) is 46.6 Å². The molecule has 2 aromatic heterocycles. The molecule has 0 unspecified atom stereocenters. The summed E-state index contributed by atoms with van der Waals surface area (Å²) in [6, 6.07) is 0. The zero-order chi connectivity index (χ0) is 22.0. The first kappa shape index (κ1) is 24.5. The summed E-state index contributed by atoms with van der Waals surface area (Å²) in [6.45, 7) is 3.23. The van der Waals surface area contributed by atoms with E-state index in [4.69, 9.17) is 9.11 Å². The number of aryl methyl sites for hydroxylation is 4. The summed E-state index contributed by atoms with van der Waals surface area (Å²) in [4.78, 5) is 0. The van der Waals surface area contributed by atoms with Crippen LogP contribution in [-0.4, -0.2) is 46.6 Å². The van der Waals surface area contributed by atoms with Crippen molar-refractivity contribution in [2.45, 2.75) is 64.7 Å². The smallest absolute Gasteiger partial charge is 0.264 e. The van der Waals surface area contributed by atoms with Gasteiger partial charge in [0.15, 0.2) is 0 Å². The van der Waals surface area contributed by atoms with Gasteiger partial charge in [-0.15, -0.1) is 0 Å². The van der Waals surface area contributed by atoms with E-state index >= 15 is 0 Å². The molecule has 0 fully saturated rings. The van der Waals surface area contributed by atoms with E-state index in [1.54, 1.807) is 0 Å². The Kier molecular flexibility index (Phi) is 9.46. The lowest BCUT2D eigenvalue weighted by Gasteiger charge is -1.98. The third kappa shape index (κ3) is 10.9. The van der Waals surface area contributed by atoms with Crippen molar-refractivity contribution in [1.82, 2.24) is 9.13 Å². The normalized spacial score (nSPS) is 12.5. The molecule has 0 aliphatic carbocycles. The molecular formula is C18H32N4O6S2+2. The van der Waals surface area contributed by atoms with Crippen molar-refractivity contribution >= 4 is 20.2 Å².